The molecule has 0 unspecified atom stereocenters. The van der Waals surface area contributed by atoms with Crippen LogP contribution in [-0.2, 0) is 0 Å². The summed E-state index contributed by atoms with van der Waals surface area (Å²) in [5.41, 5.74) is 1.73. The number of hydrogen-bond acceptors (Lipinski definition) is 5. The highest BCUT2D eigenvalue weighted by Gasteiger charge is 2.23. The van der Waals surface area contributed by atoms with E-state index in [1.54, 1.807) is 4.68 Å². The monoisotopic (exact) mass is 421 g/mol. The number of aromatic nitrogens is 4. The van der Waals surface area contributed by atoms with Gasteiger partial charge in [-0.1, -0.05) is 66.7 Å². The summed E-state index contributed by atoms with van der Waals surface area (Å²) in [4.78, 5) is 30.9. The molecule has 0 saturated carbocycles. The number of nitrogens with one attached hydrogen (secondary N) is 1. The van der Waals surface area contributed by atoms with Crippen LogP contribution in [0.3, 0.4) is 0 Å². The Labute approximate surface area is 183 Å². The molecule has 2 heterocycles. The van der Waals surface area contributed by atoms with E-state index in [1.165, 1.54) is 11.3 Å². The molecular formula is C25H19N5O2. The minimum atomic E-state index is -0.470. The molecule has 0 spiro atoms. The number of fused-ring (bicyclic) bond motifs is 1. The molecule has 0 bridgehead atoms. The minimum absolute atomic E-state index is 0.0175. The highest BCUT2D eigenvalue weighted by Crippen LogP contribution is 2.24. The zero-order valence-corrected chi connectivity index (χ0v) is 17.3. The third-order valence-corrected chi connectivity index (χ3v) is 5.08. The van der Waals surface area contributed by atoms with Crippen molar-refractivity contribution in [2.75, 3.05) is 5.32 Å². The quantitative estimate of drug-likeness (QED) is 0.423. The number of benzene rings is 3. The maximum Gasteiger partial charge on any atom is 0.273 e. The van der Waals surface area contributed by atoms with Gasteiger partial charge in [-0.15, -0.1) is 5.10 Å². The summed E-state index contributed by atoms with van der Waals surface area (Å²) < 4.78 is 3.01. The Hall–Kier alpha value is -4.52. The molecule has 0 aliphatic rings. The first kappa shape index (κ1) is 19.4. The number of hydrogen-bond donors (Lipinski definition) is 1. The standard InChI is InChI=1S/C25H19N5O2/c1-17(31)21-22(26-19-13-7-3-8-14-19)27-25-29(24(21)32)23(18-11-5-2-6-12-18)28-30(25)20-15-9-4-10-16-20/h2-16,26H,1H3. The molecule has 156 valence electrons. The fourth-order valence-corrected chi connectivity index (χ4v) is 3.61. The first-order valence-electron chi connectivity index (χ1n) is 10.1. The Morgan fingerprint density at radius 1 is 0.844 bits per heavy atom. The molecule has 0 amide bonds. The van der Waals surface area contributed by atoms with Gasteiger partial charge in [0.15, 0.2) is 17.4 Å². The van der Waals surface area contributed by atoms with Crippen molar-refractivity contribution in [3.05, 3.63) is 107 Å². The summed E-state index contributed by atoms with van der Waals surface area (Å²) in [6.45, 7) is 1.37. The predicted octanol–water partition coefficient (Wildman–Crippen LogP) is 4.49. The van der Waals surface area contributed by atoms with Gasteiger partial charge in [-0.3, -0.25) is 9.59 Å². The molecule has 5 aromatic rings. The highest BCUT2D eigenvalue weighted by atomic mass is 16.1. The topological polar surface area (TPSA) is 81.3 Å². The van der Waals surface area contributed by atoms with Gasteiger partial charge in [-0.05, 0) is 31.2 Å². The Morgan fingerprint density at radius 2 is 1.44 bits per heavy atom. The molecule has 0 aliphatic heterocycles. The number of anilines is 2. The van der Waals surface area contributed by atoms with Gasteiger partial charge in [-0.25, -0.2) is 4.40 Å². The smallest absolute Gasteiger partial charge is 0.273 e. The lowest BCUT2D eigenvalue weighted by Gasteiger charge is -2.10. The molecule has 0 radical (unpaired) electrons. The van der Waals surface area contributed by atoms with Gasteiger partial charge >= 0.3 is 0 Å². The molecule has 3 aromatic carbocycles. The third-order valence-electron chi connectivity index (χ3n) is 5.08. The van der Waals surface area contributed by atoms with Crippen LogP contribution in [0.25, 0.3) is 22.9 Å². The van der Waals surface area contributed by atoms with Crippen LogP contribution < -0.4 is 10.9 Å². The summed E-state index contributed by atoms with van der Waals surface area (Å²) in [5.74, 6) is 0.548. The maximum atomic E-state index is 13.6. The van der Waals surface area contributed by atoms with Crippen molar-refractivity contribution in [1.82, 2.24) is 19.2 Å². The summed E-state index contributed by atoms with van der Waals surface area (Å²) >= 11 is 0. The highest BCUT2D eigenvalue weighted by molar-refractivity contribution is 5.99. The lowest BCUT2D eigenvalue weighted by atomic mass is 10.2. The van der Waals surface area contributed by atoms with Crippen LogP contribution in [-0.4, -0.2) is 24.9 Å². The van der Waals surface area contributed by atoms with Crippen LogP contribution in [0.5, 0.6) is 0 Å². The lowest BCUT2D eigenvalue weighted by Crippen LogP contribution is -2.25. The van der Waals surface area contributed by atoms with Crippen molar-refractivity contribution in [2.45, 2.75) is 6.92 Å². The number of ketones is 1. The van der Waals surface area contributed by atoms with Crippen LogP contribution in [0.1, 0.15) is 17.3 Å². The van der Waals surface area contributed by atoms with Crippen molar-refractivity contribution in [3.63, 3.8) is 0 Å². The van der Waals surface area contributed by atoms with E-state index in [0.717, 1.165) is 16.9 Å². The first-order chi connectivity index (χ1) is 15.6. The van der Waals surface area contributed by atoms with Crippen molar-refractivity contribution >= 4 is 23.1 Å². The molecule has 2 aromatic heterocycles. The Kier molecular flexibility index (Phi) is 4.84. The van der Waals surface area contributed by atoms with Crippen LogP contribution in [0.2, 0.25) is 0 Å². The van der Waals surface area contributed by atoms with Crippen molar-refractivity contribution in [2.24, 2.45) is 0 Å². The number of nitrogens with zero attached hydrogens (tertiary/aromatic N) is 4. The van der Waals surface area contributed by atoms with Gasteiger partial charge in [0.25, 0.3) is 5.56 Å². The van der Waals surface area contributed by atoms with Crippen LogP contribution in [0, 0.1) is 0 Å². The van der Waals surface area contributed by atoms with Gasteiger partial charge in [0, 0.05) is 11.3 Å². The average Bonchev–Trinajstić information content (AvgIpc) is 3.20. The SMILES string of the molecule is CC(=O)c1c(Nc2ccccc2)nc2n(-c3ccccc3)nc(-c3ccccc3)n2c1=O. The van der Waals surface area contributed by atoms with E-state index in [0.29, 0.717) is 11.6 Å². The summed E-state index contributed by atoms with van der Waals surface area (Å²) in [5, 5.41) is 7.85. The molecule has 0 atom stereocenters. The van der Waals surface area contributed by atoms with E-state index < -0.39 is 5.56 Å². The lowest BCUT2D eigenvalue weighted by molar-refractivity contribution is 0.101. The van der Waals surface area contributed by atoms with Gasteiger partial charge in [-0.2, -0.15) is 9.67 Å². The molecule has 0 saturated heterocycles. The Bertz CT molecular complexity index is 1470. The molecule has 7 nitrogen and oxygen atoms in total. The molecular weight excluding hydrogens is 402 g/mol. The summed E-state index contributed by atoms with van der Waals surface area (Å²) in [6, 6.07) is 28.1. The fourth-order valence-electron chi connectivity index (χ4n) is 3.61. The normalized spacial score (nSPS) is 10.9. The zero-order chi connectivity index (χ0) is 22.1. The second-order valence-corrected chi connectivity index (χ2v) is 7.26. The van der Waals surface area contributed by atoms with E-state index in [-0.39, 0.29) is 17.2 Å². The third kappa shape index (κ3) is 3.35. The average molecular weight is 421 g/mol. The first-order valence-corrected chi connectivity index (χ1v) is 10.1. The summed E-state index contributed by atoms with van der Waals surface area (Å²) in [6.07, 6.45) is 0. The van der Waals surface area contributed by atoms with Crippen LogP contribution in [0.15, 0.2) is 95.8 Å². The minimum Gasteiger partial charge on any atom is -0.339 e. The molecule has 5 rings (SSSR count). The van der Waals surface area contributed by atoms with Crippen molar-refractivity contribution in [1.29, 1.82) is 0 Å². The number of carbonyl (C=O) groups is 1. The number of rotatable bonds is 5. The van der Waals surface area contributed by atoms with E-state index in [9.17, 15) is 9.59 Å². The van der Waals surface area contributed by atoms with Gasteiger partial charge < -0.3 is 5.32 Å². The maximum absolute atomic E-state index is 13.6. The molecule has 7 heteroatoms. The molecule has 0 aliphatic carbocycles. The number of Topliss-reactive ketones (excluding diaryl/α,β-unsaturated/α-hetero) is 1. The van der Waals surface area contributed by atoms with E-state index >= 15 is 0 Å². The zero-order valence-electron chi connectivity index (χ0n) is 17.3. The van der Waals surface area contributed by atoms with Crippen molar-refractivity contribution < 1.29 is 4.79 Å². The van der Waals surface area contributed by atoms with Gasteiger partial charge in [0.1, 0.15) is 5.56 Å². The second kappa shape index (κ2) is 7.96. The van der Waals surface area contributed by atoms with E-state index in [2.05, 4.69) is 5.32 Å². The van der Waals surface area contributed by atoms with Crippen LogP contribution in [0.4, 0.5) is 11.5 Å². The number of carbonyl (C=O) groups excluding carboxylic acids is 1. The van der Waals surface area contributed by atoms with Gasteiger partial charge in [0.2, 0.25) is 5.78 Å². The molecule has 1 N–H and O–H groups in total. The predicted molar refractivity (Wildman–Crippen MR) is 124 cm³/mol. The number of para-hydroxylation sites is 2. The van der Waals surface area contributed by atoms with E-state index in [4.69, 9.17) is 10.1 Å². The van der Waals surface area contributed by atoms with E-state index in [1.807, 2.05) is 91.0 Å². The summed E-state index contributed by atoms with van der Waals surface area (Å²) in [7, 11) is 0. The Morgan fingerprint density at radius 3 is 2.06 bits per heavy atom. The van der Waals surface area contributed by atoms with Crippen LogP contribution >= 0.6 is 0 Å². The second-order valence-electron chi connectivity index (χ2n) is 7.26. The van der Waals surface area contributed by atoms with Gasteiger partial charge in [0.05, 0.1) is 5.69 Å². The molecule has 0 fully saturated rings. The van der Waals surface area contributed by atoms with Crippen molar-refractivity contribution in [3.8, 4) is 17.1 Å². The Balaban J connectivity index is 1.85. The molecule has 32 heavy (non-hydrogen) atoms. The fraction of sp³-hybridized carbons (Fsp3) is 0.0400. The largest absolute Gasteiger partial charge is 0.339 e.